The molecule has 0 aliphatic carbocycles. The molecule has 1 unspecified atom stereocenters. The molecule has 2 amide bonds. The van der Waals surface area contributed by atoms with Gasteiger partial charge in [0.05, 0.1) is 26.2 Å². The minimum atomic E-state index is -4.61. The van der Waals surface area contributed by atoms with E-state index in [1.165, 1.54) is 50.8 Å². The Morgan fingerprint density at radius 2 is 1.69 bits per heavy atom. The minimum absolute atomic E-state index is 0.00992. The standard InChI is InChI=1S/C35H37ClN4O8S/c1-37-14-11-23(12-15-37)38-16-18-39(19-17-38)35(42)48-33-31-27(9-8-26(36)30(31)25-6-4-5-22-13-20-47-32(22)25)40(34(33)41)49(43,44)29-10-7-24(45-2)21-28(29)46-3/h4-10,13,20-21,23,33H,11-12,14-19H2,1-3H3. The van der Waals surface area contributed by atoms with Gasteiger partial charge in [0.15, 0.2) is 0 Å². The number of amides is 2. The third-order valence-corrected chi connectivity index (χ3v) is 11.8. The lowest BCUT2D eigenvalue weighted by atomic mass is 9.95. The molecule has 0 spiro atoms. The monoisotopic (exact) mass is 708 g/mol. The zero-order valence-corrected chi connectivity index (χ0v) is 29.0. The number of hydrogen-bond acceptors (Lipinski definition) is 10. The molecule has 0 bridgehead atoms. The lowest BCUT2D eigenvalue weighted by molar-refractivity contribution is -0.125. The third kappa shape index (κ3) is 5.88. The summed E-state index contributed by atoms with van der Waals surface area (Å²) in [6.07, 6.45) is 1.35. The van der Waals surface area contributed by atoms with Gasteiger partial charge in [0.25, 0.3) is 15.9 Å². The van der Waals surface area contributed by atoms with Crippen LogP contribution >= 0.6 is 11.6 Å². The Balaban J connectivity index is 1.27. The van der Waals surface area contributed by atoms with E-state index in [1.807, 2.05) is 6.07 Å². The van der Waals surface area contributed by atoms with Crippen molar-refractivity contribution in [2.75, 3.05) is 64.8 Å². The van der Waals surface area contributed by atoms with Crippen LogP contribution in [-0.4, -0.2) is 102 Å². The van der Waals surface area contributed by atoms with E-state index in [9.17, 15) is 18.0 Å². The predicted molar refractivity (Wildman–Crippen MR) is 184 cm³/mol. The molecule has 3 aromatic carbocycles. The Bertz CT molecular complexity index is 2020. The van der Waals surface area contributed by atoms with Crippen molar-refractivity contribution in [1.29, 1.82) is 0 Å². The van der Waals surface area contributed by atoms with E-state index in [-0.39, 0.29) is 26.9 Å². The van der Waals surface area contributed by atoms with Crippen molar-refractivity contribution in [3.8, 4) is 22.6 Å². The number of ether oxygens (including phenoxy) is 3. The molecule has 1 aromatic heterocycles. The van der Waals surface area contributed by atoms with Crippen LogP contribution in [0.5, 0.6) is 11.5 Å². The lowest BCUT2D eigenvalue weighted by Crippen LogP contribution is -2.54. The van der Waals surface area contributed by atoms with Gasteiger partial charge in [0.1, 0.15) is 22.0 Å². The van der Waals surface area contributed by atoms with E-state index in [4.69, 9.17) is 30.2 Å². The second kappa shape index (κ2) is 13.2. The van der Waals surface area contributed by atoms with E-state index >= 15 is 0 Å². The number of para-hydroxylation sites is 1. The van der Waals surface area contributed by atoms with Crippen molar-refractivity contribution < 1.29 is 36.6 Å². The maximum absolute atomic E-state index is 14.4. The Labute approximate surface area is 289 Å². The van der Waals surface area contributed by atoms with Gasteiger partial charge in [-0.1, -0.05) is 29.8 Å². The van der Waals surface area contributed by atoms with E-state index in [2.05, 4.69) is 16.8 Å². The quantitative estimate of drug-likeness (QED) is 0.247. The van der Waals surface area contributed by atoms with Crippen LogP contribution in [0.2, 0.25) is 5.02 Å². The zero-order valence-electron chi connectivity index (χ0n) is 27.4. The molecule has 258 valence electrons. The van der Waals surface area contributed by atoms with E-state index in [1.54, 1.807) is 23.1 Å². The van der Waals surface area contributed by atoms with Crippen LogP contribution in [0.25, 0.3) is 22.1 Å². The molecule has 49 heavy (non-hydrogen) atoms. The number of furan rings is 1. The highest BCUT2D eigenvalue weighted by molar-refractivity contribution is 7.93. The number of sulfonamides is 1. The maximum Gasteiger partial charge on any atom is 0.410 e. The van der Waals surface area contributed by atoms with Crippen LogP contribution < -0.4 is 13.8 Å². The van der Waals surface area contributed by atoms with Crippen molar-refractivity contribution in [2.45, 2.75) is 29.9 Å². The summed E-state index contributed by atoms with van der Waals surface area (Å²) in [7, 11) is 0.289. The van der Waals surface area contributed by atoms with Gasteiger partial charge in [-0.3, -0.25) is 9.69 Å². The zero-order chi connectivity index (χ0) is 34.4. The average Bonchev–Trinajstić information content (AvgIpc) is 3.71. The molecule has 4 heterocycles. The SMILES string of the molecule is COc1ccc(S(=O)(=O)N2C(=O)C(OC(=O)N3CCN(C4CCN(C)CC4)CC3)c3c2ccc(Cl)c3-c2cccc3ccoc23)c(OC)c1. The molecule has 7 rings (SSSR count). The summed E-state index contributed by atoms with van der Waals surface area (Å²) in [6.45, 7) is 4.25. The number of nitrogens with zero attached hydrogens (tertiary/aromatic N) is 4. The predicted octanol–water partition coefficient (Wildman–Crippen LogP) is 5.40. The molecular formula is C35H37ClN4O8S. The molecule has 2 saturated heterocycles. The number of likely N-dealkylation sites (tertiary alicyclic amines) is 1. The highest BCUT2D eigenvalue weighted by atomic mass is 35.5. The number of piperazine rings is 1. The van der Waals surface area contributed by atoms with Gasteiger partial charge in [-0.15, -0.1) is 0 Å². The van der Waals surface area contributed by atoms with Crippen LogP contribution in [0.4, 0.5) is 10.5 Å². The number of rotatable bonds is 7. The molecule has 14 heteroatoms. The second-order valence-corrected chi connectivity index (χ2v) is 14.6. The fourth-order valence-electron chi connectivity index (χ4n) is 7.09. The van der Waals surface area contributed by atoms with Crippen molar-refractivity contribution in [3.05, 3.63) is 71.4 Å². The number of hydrogen-bond donors (Lipinski definition) is 0. The van der Waals surface area contributed by atoms with Gasteiger partial charge in [-0.2, -0.15) is 4.31 Å². The number of methoxy groups -OCH3 is 2. The lowest BCUT2D eigenvalue weighted by Gasteiger charge is -2.42. The number of carbonyl (C=O) groups excluding carboxylic acids is 2. The van der Waals surface area contributed by atoms with Crippen LogP contribution in [0, 0.1) is 0 Å². The molecule has 0 saturated carbocycles. The summed E-state index contributed by atoms with van der Waals surface area (Å²) < 4.78 is 52.0. The maximum atomic E-state index is 14.4. The number of benzene rings is 3. The van der Waals surface area contributed by atoms with Crippen molar-refractivity contribution in [2.24, 2.45) is 0 Å². The van der Waals surface area contributed by atoms with Gasteiger partial charge >= 0.3 is 6.09 Å². The largest absolute Gasteiger partial charge is 0.497 e. The first-order valence-corrected chi connectivity index (χ1v) is 17.9. The van der Waals surface area contributed by atoms with Crippen LogP contribution in [0.1, 0.15) is 24.5 Å². The van der Waals surface area contributed by atoms with Crippen molar-refractivity contribution in [3.63, 3.8) is 0 Å². The molecule has 0 N–H and O–H groups in total. The van der Waals surface area contributed by atoms with Crippen molar-refractivity contribution in [1.82, 2.24) is 14.7 Å². The molecule has 1 atom stereocenters. The van der Waals surface area contributed by atoms with Crippen LogP contribution in [-0.2, 0) is 19.6 Å². The first-order valence-electron chi connectivity index (χ1n) is 16.1. The first kappa shape index (κ1) is 33.2. The summed E-state index contributed by atoms with van der Waals surface area (Å²) in [5, 5.41) is 1.00. The molecule has 0 radical (unpaired) electrons. The minimum Gasteiger partial charge on any atom is -0.497 e. The second-order valence-electron chi connectivity index (χ2n) is 12.4. The Hall–Kier alpha value is -4.30. The first-order chi connectivity index (χ1) is 23.6. The highest BCUT2D eigenvalue weighted by Crippen LogP contribution is 2.50. The number of piperidine rings is 1. The molecule has 2 fully saturated rings. The van der Waals surface area contributed by atoms with E-state index < -0.39 is 28.1 Å². The smallest absolute Gasteiger partial charge is 0.410 e. The Morgan fingerprint density at radius 1 is 0.939 bits per heavy atom. The number of halogens is 1. The molecule has 3 aliphatic heterocycles. The summed E-state index contributed by atoms with van der Waals surface area (Å²) in [6, 6.07) is 14.8. The van der Waals surface area contributed by atoms with E-state index in [0.29, 0.717) is 59.0 Å². The molecule has 12 nitrogen and oxygen atoms in total. The van der Waals surface area contributed by atoms with Gasteiger partial charge in [-0.05, 0) is 63.3 Å². The average molecular weight is 709 g/mol. The normalized spacial score (nSPS) is 19.3. The topological polar surface area (TPSA) is 122 Å². The molecular weight excluding hydrogens is 672 g/mol. The van der Waals surface area contributed by atoms with Gasteiger partial charge in [0, 0.05) is 65.4 Å². The molecule has 4 aromatic rings. The van der Waals surface area contributed by atoms with Gasteiger partial charge < -0.3 is 28.4 Å². The Morgan fingerprint density at radius 3 is 2.41 bits per heavy atom. The summed E-state index contributed by atoms with van der Waals surface area (Å²) >= 11 is 6.85. The summed E-state index contributed by atoms with van der Waals surface area (Å²) in [5.74, 6) is -0.611. The fourth-order valence-corrected chi connectivity index (χ4v) is 8.94. The fraction of sp³-hybridized carbons (Fsp3) is 0.371. The Kier molecular flexibility index (Phi) is 8.94. The number of fused-ring (bicyclic) bond motifs is 2. The van der Waals surface area contributed by atoms with Crippen molar-refractivity contribution >= 4 is 50.3 Å². The number of anilines is 1. The van der Waals surface area contributed by atoms with Gasteiger partial charge in [-0.25, -0.2) is 13.2 Å². The van der Waals surface area contributed by atoms with Crippen LogP contribution in [0.3, 0.4) is 0 Å². The summed E-state index contributed by atoms with van der Waals surface area (Å²) in [4.78, 5) is 34.3. The highest BCUT2D eigenvalue weighted by Gasteiger charge is 2.50. The molecule has 3 aliphatic rings. The van der Waals surface area contributed by atoms with E-state index in [0.717, 1.165) is 31.3 Å². The number of carbonyl (C=O) groups is 2. The van der Waals surface area contributed by atoms with Crippen LogP contribution in [0.15, 0.2) is 70.2 Å². The third-order valence-electron chi connectivity index (χ3n) is 9.71. The summed E-state index contributed by atoms with van der Waals surface area (Å²) in [5.41, 5.74) is 1.49. The van der Waals surface area contributed by atoms with Gasteiger partial charge in [0.2, 0.25) is 6.10 Å².